The smallest absolute Gasteiger partial charge is 0.226 e. The molecule has 0 spiro atoms. The lowest BCUT2D eigenvalue weighted by Gasteiger charge is -2.27. The molecule has 2 aliphatic rings. The van der Waals surface area contributed by atoms with Crippen molar-refractivity contribution in [1.29, 1.82) is 0 Å². The molecular weight excluding hydrogens is 308 g/mol. The molecule has 130 valence electrons. The van der Waals surface area contributed by atoms with Crippen molar-refractivity contribution in [3.63, 3.8) is 0 Å². The summed E-state index contributed by atoms with van der Waals surface area (Å²) >= 11 is 0. The summed E-state index contributed by atoms with van der Waals surface area (Å²) in [6.07, 6.45) is 2.88. The Morgan fingerprint density at radius 3 is 2.71 bits per heavy atom. The quantitative estimate of drug-likeness (QED) is 0.812. The molecule has 1 saturated heterocycles. The van der Waals surface area contributed by atoms with E-state index < -0.39 is 0 Å². The van der Waals surface area contributed by atoms with E-state index in [4.69, 9.17) is 4.74 Å². The zero-order valence-corrected chi connectivity index (χ0v) is 14.0. The van der Waals surface area contributed by atoms with E-state index in [0.29, 0.717) is 31.4 Å². The van der Waals surface area contributed by atoms with Crippen LogP contribution in [-0.2, 0) is 14.3 Å². The van der Waals surface area contributed by atoms with Crippen LogP contribution in [0.3, 0.4) is 0 Å². The van der Waals surface area contributed by atoms with E-state index in [-0.39, 0.29) is 24.2 Å². The molecule has 1 aromatic rings. The summed E-state index contributed by atoms with van der Waals surface area (Å²) in [6.45, 7) is 5.52. The molecule has 1 saturated carbocycles. The molecule has 3 rings (SSSR count). The standard InChI is InChI=1S/C17H24N4O3/c1-12-10-14(12)17(23)18-5-4-16(22)20-13-2-3-15(19-11-13)21-6-8-24-9-7-21/h2-3,11-12,14H,4-10H2,1H3,(H,18,23)(H,20,22). The van der Waals surface area contributed by atoms with Crippen molar-refractivity contribution in [1.82, 2.24) is 10.3 Å². The Morgan fingerprint density at radius 1 is 1.33 bits per heavy atom. The molecule has 2 amide bonds. The highest BCUT2D eigenvalue weighted by Gasteiger charge is 2.38. The van der Waals surface area contributed by atoms with E-state index in [1.54, 1.807) is 6.20 Å². The highest BCUT2D eigenvalue weighted by molar-refractivity contribution is 5.91. The lowest BCUT2D eigenvalue weighted by atomic mass is 10.3. The number of rotatable bonds is 6. The summed E-state index contributed by atoms with van der Waals surface area (Å²) in [5.74, 6) is 1.45. The first-order valence-corrected chi connectivity index (χ1v) is 8.50. The number of carbonyl (C=O) groups is 2. The van der Waals surface area contributed by atoms with Crippen LogP contribution in [0.5, 0.6) is 0 Å². The maximum absolute atomic E-state index is 11.9. The van der Waals surface area contributed by atoms with Crippen molar-refractivity contribution in [3.8, 4) is 0 Å². The number of anilines is 2. The van der Waals surface area contributed by atoms with Gasteiger partial charge in [0.05, 0.1) is 25.1 Å². The Kier molecular flexibility index (Phi) is 5.30. The van der Waals surface area contributed by atoms with E-state index in [9.17, 15) is 9.59 Å². The first-order valence-electron chi connectivity index (χ1n) is 8.50. The van der Waals surface area contributed by atoms with Crippen molar-refractivity contribution in [2.45, 2.75) is 19.8 Å². The van der Waals surface area contributed by atoms with Crippen LogP contribution in [0, 0.1) is 11.8 Å². The number of nitrogens with zero attached hydrogens (tertiary/aromatic N) is 2. The van der Waals surface area contributed by atoms with Crippen molar-refractivity contribution in [3.05, 3.63) is 18.3 Å². The topological polar surface area (TPSA) is 83.6 Å². The normalized spacial score (nSPS) is 22.8. The van der Waals surface area contributed by atoms with Crippen molar-refractivity contribution >= 4 is 23.3 Å². The molecule has 1 aliphatic heterocycles. The van der Waals surface area contributed by atoms with Gasteiger partial charge in [-0.3, -0.25) is 9.59 Å². The molecule has 0 radical (unpaired) electrons. The predicted molar refractivity (Wildman–Crippen MR) is 90.8 cm³/mol. The summed E-state index contributed by atoms with van der Waals surface area (Å²) in [4.78, 5) is 30.1. The summed E-state index contributed by atoms with van der Waals surface area (Å²) in [5, 5.41) is 5.61. The lowest BCUT2D eigenvalue weighted by molar-refractivity contribution is -0.122. The van der Waals surface area contributed by atoms with Crippen LogP contribution in [0.2, 0.25) is 0 Å². The van der Waals surface area contributed by atoms with E-state index in [1.807, 2.05) is 12.1 Å². The van der Waals surface area contributed by atoms with Gasteiger partial charge in [0.1, 0.15) is 5.82 Å². The predicted octanol–water partition coefficient (Wildman–Crippen LogP) is 1.02. The average molecular weight is 332 g/mol. The highest BCUT2D eigenvalue weighted by Crippen LogP contribution is 2.37. The largest absolute Gasteiger partial charge is 0.378 e. The van der Waals surface area contributed by atoms with Gasteiger partial charge in [-0.15, -0.1) is 0 Å². The number of hydrogen-bond acceptors (Lipinski definition) is 5. The molecule has 24 heavy (non-hydrogen) atoms. The van der Waals surface area contributed by atoms with Gasteiger partial charge in [-0.25, -0.2) is 4.98 Å². The van der Waals surface area contributed by atoms with Gasteiger partial charge in [-0.1, -0.05) is 6.92 Å². The first kappa shape index (κ1) is 16.7. The maximum Gasteiger partial charge on any atom is 0.226 e. The fourth-order valence-electron chi connectivity index (χ4n) is 2.78. The second-order valence-corrected chi connectivity index (χ2v) is 6.41. The fraction of sp³-hybridized carbons (Fsp3) is 0.588. The molecule has 1 aromatic heterocycles. The second kappa shape index (κ2) is 7.61. The third-order valence-corrected chi connectivity index (χ3v) is 4.46. The van der Waals surface area contributed by atoms with Gasteiger partial charge in [0.2, 0.25) is 11.8 Å². The maximum atomic E-state index is 11.9. The van der Waals surface area contributed by atoms with Crippen LogP contribution in [0.15, 0.2) is 18.3 Å². The van der Waals surface area contributed by atoms with E-state index in [0.717, 1.165) is 25.3 Å². The Bertz CT molecular complexity index is 584. The summed E-state index contributed by atoms with van der Waals surface area (Å²) < 4.78 is 5.32. The molecule has 0 aromatic carbocycles. The Balaban J connectivity index is 1.40. The number of morpholine rings is 1. The third kappa shape index (κ3) is 4.44. The van der Waals surface area contributed by atoms with Gasteiger partial charge >= 0.3 is 0 Å². The molecule has 2 unspecified atom stereocenters. The molecule has 7 heteroatoms. The fourth-order valence-corrected chi connectivity index (χ4v) is 2.78. The molecule has 0 bridgehead atoms. The van der Waals surface area contributed by atoms with E-state index in [1.165, 1.54) is 0 Å². The van der Waals surface area contributed by atoms with Crippen LogP contribution < -0.4 is 15.5 Å². The highest BCUT2D eigenvalue weighted by atomic mass is 16.5. The minimum absolute atomic E-state index is 0.0619. The zero-order valence-electron chi connectivity index (χ0n) is 14.0. The molecule has 1 aliphatic carbocycles. The van der Waals surface area contributed by atoms with Crippen molar-refractivity contribution in [2.24, 2.45) is 11.8 Å². The molecular formula is C17H24N4O3. The van der Waals surface area contributed by atoms with Gasteiger partial charge in [-0.2, -0.15) is 0 Å². The van der Waals surface area contributed by atoms with Crippen molar-refractivity contribution < 1.29 is 14.3 Å². The van der Waals surface area contributed by atoms with E-state index in [2.05, 4.69) is 27.4 Å². The van der Waals surface area contributed by atoms with Crippen LogP contribution in [0.25, 0.3) is 0 Å². The number of carbonyl (C=O) groups excluding carboxylic acids is 2. The van der Waals surface area contributed by atoms with Gasteiger partial charge in [0.15, 0.2) is 0 Å². The minimum Gasteiger partial charge on any atom is -0.378 e. The van der Waals surface area contributed by atoms with E-state index >= 15 is 0 Å². The van der Waals surface area contributed by atoms with Crippen LogP contribution >= 0.6 is 0 Å². The van der Waals surface area contributed by atoms with Crippen LogP contribution in [-0.4, -0.2) is 49.6 Å². The molecule has 2 fully saturated rings. The first-order chi connectivity index (χ1) is 11.6. The molecule has 7 nitrogen and oxygen atoms in total. The average Bonchev–Trinajstić information content (AvgIpc) is 3.33. The monoisotopic (exact) mass is 332 g/mol. The van der Waals surface area contributed by atoms with Gasteiger partial charge < -0.3 is 20.3 Å². The SMILES string of the molecule is CC1CC1C(=O)NCCC(=O)Nc1ccc(N2CCOCC2)nc1. The Labute approximate surface area is 141 Å². The van der Waals surface area contributed by atoms with Crippen molar-refractivity contribution in [2.75, 3.05) is 43.1 Å². The van der Waals surface area contributed by atoms with Gasteiger partial charge in [0, 0.05) is 32.0 Å². The Hall–Kier alpha value is -2.15. The minimum atomic E-state index is -0.125. The molecule has 2 atom stereocenters. The van der Waals surface area contributed by atoms with Crippen LogP contribution in [0.4, 0.5) is 11.5 Å². The van der Waals surface area contributed by atoms with Gasteiger partial charge in [-0.05, 0) is 24.5 Å². The number of aromatic nitrogens is 1. The van der Waals surface area contributed by atoms with Crippen LogP contribution in [0.1, 0.15) is 19.8 Å². The number of ether oxygens (including phenoxy) is 1. The molecule has 2 heterocycles. The second-order valence-electron chi connectivity index (χ2n) is 6.41. The van der Waals surface area contributed by atoms with Gasteiger partial charge in [0.25, 0.3) is 0 Å². The molecule has 2 N–H and O–H groups in total. The summed E-state index contributed by atoms with van der Waals surface area (Å²) in [7, 11) is 0. The lowest BCUT2D eigenvalue weighted by Crippen LogP contribution is -2.36. The zero-order chi connectivity index (χ0) is 16.9. The summed E-state index contributed by atoms with van der Waals surface area (Å²) in [6, 6.07) is 3.75. The number of nitrogens with one attached hydrogen (secondary N) is 2. The third-order valence-electron chi connectivity index (χ3n) is 4.46. The number of pyridine rings is 1. The summed E-state index contributed by atoms with van der Waals surface area (Å²) in [5.41, 5.74) is 0.666. The number of hydrogen-bond donors (Lipinski definition) is 2. The number of amides is 2. The Morgan fingerprint density at radius 2 is 2.08 bits per heavy atom.